The second kappa shape index (κ2) is 5.76. The highest BCUT2D eigenvalue weighted by molar-refractivity contribution is 5.68. The van der Waals surface area contributed by atoms with Gasteiger partial charge >= 0.3 is 0 Å². The normalized spacial score (nSPS) is 14.5. The van der Waals surface area contributed by atoms with E-state index in [2.05, 4.69) is 36.5 Å². The molecule has 0 spiro atoms. The first-order chi connectivity index (χ1) is 9.76. The Balaban J connectivity index is 1.94. The van der Waals surface area contributed by atoms with E-state index in [-0.39, 0.29) is 5.82 Å². The molecule has 104 valence electrons. The summed E-state index contributed by atoms with van der Waals surface area (Å²) in [6, 6.07) is 14.2. The van der Waals surface area contributed by atoms with Gasteiger partial charge in [0.1, 0.15) is 5.82 Å². The summed E-state index contributed by atoms with van der Waals surface area (Å²) in [6.07, 6.45) is 3.53. The third-order valence-corrected chi connectivity index (χ3v) is 3.88. The topological polar surface area (TPSA) is 12.0 Å². The van der Waals surface area contributed by atoms with Crippen LogP contribution in [0.25, 0.3) is 11.1 Å². The third-order valence-electron chi connectivity index (χ3n) is 3.88. The Morgan fingerprint density at radius 2 is 2.00 bits per heavy atom. The highest BCUT2D eigenvalue weighted by Gasteiger charge is 2.20. The molecule has 0 atom stereocenters. The maximum atomic E-state index is 13.6. The summed E-state index contributed by atoms with van der Waals surface area (Å²) in [5.41, 5.74) is 4.57. The molecule has 3 rings (SSSR count). The quantitative estimate of drug-likeness (QED) is 0.853. The number of benzene rings is 2. The Hall–Kier alpha value is -1.67. The molecular weight excluding hydrogens is 249 g/mol. The summed E-state index contributed by atoms with van der Waals surface area (Å²) in [6.45, 7) is 2.96. The van der Waals surface area contributed by atoms with Gasteiger partial charge in [0.15, 0.2) is 0 Å². The van der Waals surface area contributed by atoms with Crippen LogP contribution in [0.1, 0.15) is 30.9 Å². The van der Waals surface area contributed by atoms with Crippen molar-refractivity contribution in [1.82, 2.24) is 5.32 Å². The van der Waals surface area contributed by atoms with E-state index in [1.807, 2.05) is 6.07 Å². The molecule has 20 heavy (non-hydrogen) atoms. The number of rotatable bonds is 5. The lowest BCUT2D eigenvalue weighted by molar-refractivity contribution is 0.625. The molecule has 1 aliphatic carbocycles. The van der Waals surface area contributed by atoms with Crippen LogP contribution in [0.3, 0.4) is 0 Å². The van der Waals surface area contributed by atoms with Crippen molar-refractivity contribution < 1.29 is 4.39 Å². The van der Waals surface area contributed by atoms with E-state index < -0.39 is 0 Å². The van der Waals surface area contributed by atoms with Gasteiger partial charge in [0.25, 0.3) is 0 Å². The Kier molecular flexibility index (Phi) is 3.83. The minimum atomic E-state index is -0.169. The van der Waals surface area contributed by atoms with Gasteiger partial charge in [-0.1, -0.05) is 37.3 Å². The summed E-state index contributed by atoms with van der Waals surface area (Å²) in [7, 11) is 0. The van der Waals surface area contributed by atoms with E-state index in [4.69, 9.17) is 0 Å². The second-order valence-electron chi connectivity index (χ2n) is 5.51. The van der Waals surface area contributed by atoms with Gasteiger partial charge in [-0.2, -0.15) is 0 Å². The Bertz CT molecular complexity index is 602. The van der Waals surface area contributed by atoms with Crippen LogP contribution in [-0.4, -0.2) is 6.04 Å². The molecule has 0 bridgehead atoms. The summed E-state index contributed by atoms with van der Waals surface area (Å²) in [4.78, 5) is 0. The number of aryl methyl sites for hydroxylation is 1. The average molecular weight is 269 g/mol. The standard InChI is InChI=1S/C18H20FN/c1-2-13-4-3-5-14(10-13)18-11-16(19)7-6-15(18)12-20-17-8-9-17/h3-7,10-11,17,20H,2,8-9,12H2,1H3. The molecule has 1 N–H and O–H groups in total. The maximum absolute atomic E-state index is 13.6. The zero-order chi connectivity index (χ0) is 13.9. The predicted octanol–water partition coefficient (Wildman–Crippen LogP) is 4.31. The summed E-state index contributed by atoms with van der Waals surface area (Å²) in [5, 5.41) is 3.51. The van der Waals surface area contributed by atoms with Crippen molar-refractivity contribution in [2.75, 3.05) is 0 Å². The second-order valence-corrected chi connectivity index (χ2v) is 5.51. The van der Waals surface area contributed by atoms with Gasteiger partial charge in [-0.25, -0.2) is 4.39 Å². The van der Waals surface area contributed by atoms with Crippen molar-refractivity contribution >= 4 is 0 Å². The molecule has 1 fully saturated rings. The van der Waals surface area contributed by atoms with Crippen LogP contribution in [0.2, 0.25) is 0 Å². The fourth-order valence-corrected chi connectivity index (χ4v) is 2.47. The molecule has 2 heteroatoms. The summed E-state index contributed by atoms with van der Waals surface area (Å²) in [5.74, 6) is -0.169. The van der Waals surface area contributed by atoms with Crippen LogP contribution in [0.4, 0.5) is 4.39 Å². The molecule has 1 aliphatic rings. The van der Waals surface area contributed by atoms with Gasteiger partial charge in [0.05, 0.1) is 0 Å². The van der Waals surface area contributed by atoms with E-state index in [1.165, 1.54) is 24.0 Å². The number of hydrogen-bond donors (Lipinski definition) is 1. The van der Waals surface area contributed by atoms with E-state index >= 15 is 0 Å². The maximum Gasteiger partial charge on any atom is 0.123 e. The molecule has 2 aromatic rings. The smallest absolute Gasteiger partial charge is 0.123 e. The molecule has 2 aromatic carbocycles. The van der Waals surface area contributed by atoms with E-state index in [1.54, 1.807) is 12.1 Å². The minimum Gasteiger partial charge on any atom is -0.310 e. The van der Waals surface area contributed by atoms with Crippen molar-refractivity contribution in [1.29, 1.82) is 0 Å². The third kappa shape index (κ3) is 3.07. The average Bonchev–Trinajstić information content (AvgIpc) is 3.30. The lowest BCUT2D eigenvalue weighted by Crippen LogP contribution is -2.16. The summed E-state index contributed by atoms with van der Waals surface area (Å²) >= 11 is 0. The van der Waals surface area contributed by atoms with Gasteiger partial charge in [0, 0.05) is 12.6 Å². The van der Waals surface area contributed by atoms with Gasteiger partial charge in [-0.15, -0.1) is 0 Å². The van der Waals surface area contributed by atoms with Crippen molar-refractivity contribution in [2.45, 2.75) is 38.8 Å². The molecule has 0 saturated heterocycles. The molecular formula is C18H20FN. The van der Waals surface area contributed by atoms with Crippen molar-refractivity contribution in [3.63, 3.8) is 0 Å². The zero-order valence-electron chi connectivity index (χ0n) is 11.8. The molecule has 0 amide bonds. The monoisotopic (exact) mass is 269 g/mol. The number of halogens is 1. The minimum absolute atomic E-state index is 0.169. The molecule has 1 nitrogen and oxygen atoms in total. The summed E-state index contributed by atoms with van der Waals surface area (Å²) < 4.78 is 13.6. The molecule has 0 aliphatic heterocycles. The Morgan fingerprint density at radius 3 is 2.75 bits per heavy atom. The van der Waals surface area contributed by atoms with Crippen LogP contribution < -0.4 is 5.32 Å². The first-order valence-corrected chi connectivity index (χ1v) is 7.37. The lowest BCUT2D eigenvalue weighted by atomic mass is 9.97. The first-order valence-electron chi connectivity index (χ1n) is 7.37. The highest BCUT2D eigenvalue weighted by atomic mass is 19.1. The molecule has 0 heterocycles. The molecule has 1 saturated carbocycles. The Morgan fingerprint density at radius 1 is 1.15 bits per heavy atom. The zero-order valence-corrected chi connectivity index (χ0v) is 11.8. The van der Waals surface area contributed by atoms with Gasteiger partial charge in [-0.05, 0) is 53.6 Å². The lowest BCUT2D eigenvalue weighted by Gasteiger charge is -2.12. The van der Waals surface area contributed by atoms with Crippen molar-refractivity contribution in [3.8, 4) is 11.1 Å². The van der Waals surface area contributed by atoms with Crippen LogP contribution in [0.15, 0.2) is 42.5 Å². The van der Waals surface area contributed by atoms with Crippen LogP contribution in [0.5, 0.6) is 0 Å². The number of nitrogens with one attached hydrogen (secondary N) is 1. The van der Waals surface area contributed by atoms with Gasteiger partial charge < -0.3 is 5.32 Å². The van der Waals surface area contributed by atoms with Gasteiger partial charge in [0.2, 0.25) is 0 Å². The molecule has 0 unspecified atom stereocenters. The van der Waals surface area contributed by atoms with E-state index in [0.717, 1.165) is 24.1 Å². The van der Waals surface area contributed by atoms with Crippen molar-refractivity contribution in [2.24, 2.45) is 0 Å². The van der Waals surface area contributed by atoms with Gasteiger partial charge in [-0.3, -0.25) is 0 Å². The fraction of sp³-hybridized carbons (Fsp3) is 0.333. The van der Waals surface area contributed by atoms with Crippen LogP contribution in [-0.2, 0) is 13.0 Å². The van der Waals surface area contributed by atoms with Crippen LogP contribution in [0, 0.1) is 5.82 Å². The SMILES string of the molecule is CCc1cccc(-c2cc(F)ccc2CNC2CC2)c1. The fourth-order valence-electron chi connectivity index (χ4n) is 2.47. The number of hydrogen-bond acceptors (Lipinski definition) is 1. The molecule has 0 aromatic heterocycles. The van der Waals surface area contributed by atoms with Crippen LogP contribution >= 0.6 is 0 Å². The Labute approximate surface area is 119 Å². The highest BCUT2D eigenvalue weighted by Crippen LogP contribution is 2.27. The van der Waals surface area contributed by atoms with E-state index in [0.29, 0.717) is 6.04 Å². The first kappa shape index (κ1) is 13.3. The predicted molar refractivity (Wildman–Crippen MR) is 81.1 cm³/mol. The van der Waals surface area contributed by atoms with Crippen molar-refractivity contribution in [3.05, 3.63) is 59.4 Å². The molecule has 0 radical (unpaired) electrons. The largest absolute Gasteiger partial charge is 0.310 e. The van der Waals surface area contributed by atoms with E-state index in [9.17, 15) is 4.39 Å².